The first-order valence-electron chi connectivity index (χ1n) is 4.77. The second-order valence-corrected chi connectivity index (χ2v) is 3.43. The van der Waals surface area contributed by atoms with E-state index in [0.717, 1.165) is 18.4 Å². The first kappa shape index (κ1) is 9.13. The van der Waals surface area contributed by atoms with E-state index in [2.05, 4.69) is 0 Å². The van der Waals surface area contributed by atoms with Gasteiger partial charge in [0.15, 0.2) is 5.83 Å². The fourth-order valence-corrected chi connectivity index (χ4v) is 1.70. The molecule has 0 bridgehead atoms. The van der Waals surface area contributed by atoms with E-state index in [4.69, 9.17) is 0 Å². The second kappa shape index (κ2) is 3.74. The highest BCUT2D eigenvalue weighted by Gasteiger charge is 2.16. The lowest BCUT2D eigenvalue weighted by Gasteiger charge is -2.09. The van der Waals surface area contributed by atoms with Crippen molar-refractivity contribution in [1.29, 1.82) is 0 Å². The van der Waals surface area contributed by atoms with E-state index in [1.165, 1.54) is 6.08 Å². The van der Waals surface area contributed by atoms with Crippen molar-refractivity contribution >= 4 is 5.78 Å². The number of fused-ring (bicyclic) bond motifs is 1. The van der Waals surface area contributed by atoms with Gasteiger partial charge in [0.25, 0.3) is 0 Å². The Labute approximate surface area is 82.3 Å². The minimum Gasteiger partial charge on any atom is -0.286 e. The number of rotatable bonds is 0. The van der Waals surface area contributed by atoms with Crippen molar-refractivity contribution in [2.24, 2.45) is 0 Å². The second-order valence-electron chi connectivity index (χ2n) is 3.43. The molecule has 0 saturated carbocycles. The molecule has 0 N–H and O–H groups in total. The van der Waals surface area contributed by atoms with E-state index in [9.17, 15) is 9.18 Å². The van der Waals surface area contributed by atoms with Gasteiger partial charge in [-0.1, -0.05) is 24.3 Å². The summed E-state index contributed by atoms with van der Waals surface area (Å²) in [6.45, 7) is 0. The summed E-state index contributed by atoms with van der Waals surface area (Å²) in [6.07, 6.45) is 3.79. The van der Waals surface area contributed by atoms with Gasteiger partial charge in [-0.25, -0.2) is 4.39 Å². The number of hydrogen-bond acceptors (Lipinski definition) is 1. The van der Waals surface area contributed by atoms with Crippen LogP contribution in [-0.2, 0) is 6.42 Å². The minimum absolute atomic E-state index is 0.472. The summed E-state index contributed by atoms with van der Waals surface area (Å²) in [6, 6.07) is 7.24. The Morgan fingerprint density at radius 3 is 2.86 bits per heavy atom. The third-order valence-electron chi connectivity index (χ3n) is 2.45. The molecule has 1 aromatic carbocycles. The van der Waals surface area contributed by atoms with Crippen LogP contribution in [-0.4, -0.2) is 5.78 Å². The van der Waals surface area contributed by atoms with Gasteiger partial charge in [-0.3, -0.25) is 4.79 Å². The third-order valence-corrected chi connectivity index (χ3v) is 2.45. The smallest absolute Gasteiger partial charge is 0.221 e. The highest BCUT2D eigenvalue weighted by atomic mass is 19.1. The molecule has 1 aromatic rings. The summed E-state index contributed by atoms with van der Waals surface area (Å²) in [4.78, 5) is 11.5. The lowest BCUT2D eigenvalue weighted by molar-refractivity contribution is 0.100. The number of carbonyl (C=O) groups excluding carboxylic acids is 1. The Morgan fingerprint density at radius 1 is 1.21 bits per heavy atom. The number of carbonyl (C=O) groups is 1. The zero-order valence-electron chi connectivity index (χ0n) is 7.79. The number of ketones is 1. The molecule has 1 aliphatic rings. The average molecular weight is 190 g/mol. The molecule has 14 heavy (non-hydrogen) atoms. The lowest BCUT2D eigenvalue weighted by Crippen LogP contribution is -2.06. The van der Waals surface area contributed by atoms with E-state index in [-0.39, 0.29) is 0 Å². The van der Waals surface area contributed by atoms with Crippen molar-refractivity contribution in [3.63, 3.8) is 0 Å². The molecule has 2 heteroatoms. The number of hydrogen-bond donors (Lipinski definition) is 0. The van der Waals surface area contributed by atoms with Crippen LogP contribution in [0.4, 0.5) is 4.39 Å². The van der Waals surface area contributed by atoms with Crippen molar-refractivity contribution in [1.82, 2.24) is 0 Å². The van der Waals surface area contributed by atoms with E-state index in [1.807, 2.05) is 12.1 Å². The highest BCUT2D eigenvalue weighted by Crippen LogP contribution is 2.20. The van der Waals surface area contributed by atoms with Gasteiger partial charge in [-0.05, 0) is 30.9 Å². The molecule has 0 saturated heterocycles. The van der Waals surface area contributed by atoms with Crippen molar-refractivity contribution in [2.75, 3.05) is 0 Å². The summed E-state index contributed by atoms with van der Waals surface area (Å²) in [5, 5.41) is 0. The van der Waals surface area contributed by atoms with Crippen LogP contribution in [0.25, 0.3) is 0 Å². The SMILES string of the molecule is O=C1/C(F)=C\CCCc2ccccc21. The maximum atomic E-state index is 13.2. The molecule has 2 rings (SSSR count). The number of benzene rings is 1. The number of aryl methyl sites for hydroxylation is 1. The van der Waals surface area contributed by atoms with E-state index in [1.54, 1.807) is 12.1 Å². The average Bonchev–Trinajstić information content (AvgIpc) is 2.22. The van der Waals surface area contributed by atoms with Crippen molar-refractivity contribution in [3.8, 4) is 0 Å². The predicted molar refractivity (Wildman–Crippen MR) is 52.9 cm³/mol. The van der Waals surface area contributed by atoms with Gasteiger partial charge in [0.05, 0.1) is 0 Å². The molecule has 0 amide bonds. The third kappa shape index (κ3) is 1.60. The normalized spacial score (nSPS) is 20.4. The quantitative estimate of drug-likeness (QED) is 0.614. The number of allylic oxidation sites excluding steroid dienone is 2. The van der Waals surface area contributed by atoms with Crippen LogP contribution in [0, 0.1) is 0 Å². The number of Topliss-reactive ketones (excluding diaryl/α,β-unsaturated/α-hetero) is 1. The van der Waals surface area contributed by atoms with Crippen molar-refractivity contribution in [3.05, 3.63) is 47.3 Å². The van der Waals surface area contributed by atoms with E-state index >= 15 is 0 Å². The molecule has 0 atom stereocenters. The summed E-state index contributed by atoms with van der Waals surface area (Å²) < 4.78 is 13.2. The van der Waals surface area contributed by atoms with Crippen LogP contribution >= 0.6 is 0 Å². The Bertz CT molecular complexity index is 393. The molecular weight excluding hydrogens is 179 g/mol. The fraction of sp³-hybridized carbons (Fsp3) is 0.250. The Kier molecular flexibility index (Phi) is 2.44. The maximum absolute atomic E-state index is 13.2. The zero-order chi connectivity index (χ0) is 9.97. The van der Waals surface area contributed by atoms with Gasteiger partial charge in [0.2, 0.25) is 5.78 Å². The summed E-state index contributed by atoms with van der Waals surface area (Å²) in [7, 11) is 0. The van der Waals surface area contributed by atoms with Gasteiger partial charge >= 0.3 is 0 Å². The summed E-state index contributed by atoms with van der Waals surface area (Å²) >= 11 is 0. The van der Waals surface area contributed by atoms with Gasteiger partial charge < -0.3 is 0 Å². The topological polar surface area (TPSA) is 17.1 Å². The van der Waals surface area contributed by atoms with Gasteiger partial charge in [-0.15, -0.1) is 0 Å². The minimum atomic E-state index is -0.614. The summed E-state index contributed by atoms with van der Waals surface area (Å²) in [5.41, 5.74) is 1.47. The van der Waals surface area contributed by atoms with Crippen LogP contribution in [0.15, 0.2) is 36.2 Å². The van der Waals surface area contributed by atoms with Gasteiger partial charge in [0.1, 0.15) is 0 Å². The van der Waals surface area contributed by atoms with Crippen LogP contribution in [0.3, 0.4) is 0 Å². The van der Waals surface area contributed by atoms with Gasteiger partial charge in [0, 0.05) is 5.56 Å². The maximum Gasteiger partial charge on any atom is 0.221 e. The van der Waals surface area contributed by atoms with Crippen molar-refractivity contribution in [2.45, 2.75) is 19.3 Å². The van der Waals surface area contributed by atoms with Crippen LogP contribution in [0.5, 0.6) is 0 Å². The number of halogens is 1. The fourth-order valence-electron chi connectivity index (χ4n) is 1.70. The largest absolute Gasteiger partial charge is 0.286 e. The first-order valence-corrected chi connectivity index (χ1v) is 4.77. The Hall–Kier alpha value is -1.44. The molecule has 0 spiro atoms. The monoisotopic (exact) mass is 190 g/mol. The molecule has 1 nitrogen and oxygen atoms in total. The van der Waals surface area contributed by atoms with E-state index in [0.29, 0.717) is 12.0 Å². The van der Waals surface area contributed by atoms with Crippen LogP contribution in [0.1, 0.15) is 28.8 Å². The zero-order valence-corrected chi connectivity index (χ0v) is 7.79. The molecule has 0 aromatic heterocycles. The molecule has 0 aliphatic heterocycles. The molecule has 0 heterocycles. The van der Waals surface area contributed by atoms with Crippen LogP contribution < -0.4 is 0 Å². The van der Waals surface area contributed by atoms with Gasteiger partial charge in [-0.2, -0.15) is 0 Å². The molecule has 0 unspecified atom stereocenters. The Morgan fingerprint density at radius 2 is 2.00 bits per heavy atom. The molecule has 0 radical (unpaired) electrons. The lowest BCUT2D eigenvalue weighted by atomic mass is 9.95. The van der Waals surface area contributed by atoms with Crippen molar-refractivity contribution < 1.29 is 9.18 Å². The molecule has 0 fully saturated rings. The predicted octanol–water partition coefficient (Wildman–Crippen LogP) is 3.06. The van der Waals surface area contributed by atoms with Crippen LogP contribution in [0.2, 0.25) is 0 Å². The molecule has 72 valence electrons. The molecule has 1 aliphatic carbocycles. The first-order chi connectivity index (χ1) is 6.79. The Balaban J connectivity index is 2.49. The highest BCUT2D eigenvalue weighted by molar-refractivity contribution is 6.08. The van der Waals surface area contributed by atoms with E-state index < -0.39 is 11.6 Å². The summed E-state index contributed by atoms with van der Waals surface area (Å²) in [5.74, 6) is -1.09. The standard InChI is InChI=1S/C12H11FO/c13-11-8-4-2-6-9-5-1-3-7-10(9)12(11)14/h1,3,5,7-8H,2,4,6H2/b11-8+. The molecular formula is C12H11FO.